The molecule has 0 aromatic rings. The molecule has 2 rings (SSSR count). The molecule has 110 valence electrons. The van der Waals surface area contributed by atoms with E-state index >= 15 is 0 Å². The largest absolute Gasteiger partial charge is 0.368 e. The second kappa shape index (κ2) is 5.77. The van der Waals surface area contributed by atoms with Gasteiger partial charge in [0.1, 0.15) is 5.54 Å². The van der Waals surface area contributed by atoms with Crippen molar-refractivity contribution in [1.82, 2.24) is 15.1 Å². The minimum absolute atomic E-state index is 0.190. The summed E-state index contributed by atoms with van der Waals surface area (Å²) in [5, 5.41) is 3.24. The van der Waals surface area contributed by atoms with Crippen molar-refractivity contribution in [2.45, 2.75) is 37.8 Å². The Balaban J connectivity index is 2.03. The Morgan fingerprint density at radius 2 is 2.11 bits per heavy atom. The number of primary amides is 1. The number of carbonyl (C=O) groups is 1. The topological polar surface area (TPSA) is 61.6 Å². The molecule has 2 fully saturated rings. The maximum atomic E-state index is 11.9. The molecule has 1 amide bonds. The molecule has 3 N–H and O–H groups in total. The Kier molecular flexibility index (Phi) is 4.48. The lowest BCUT2D eigenvalue weighted by molar-refractivity contribution is -0.126. The SMILES string of the molecule is CCC1CN(CC(NC)(C(N)=O)C2CC2)CCN1C. The predicted octanol–water partition coefficient (Wildman–Crippen LogP) is -0.134. The molecule has 0 aromatic carbocycles. The van der Waals surface area contributed by atoms with Crippen LogP contribution < -0.4 is 11.1 Å². The van der Waals surface area contributed by atoms with Gasteiger partial charge in [-0.05, 0) is 39.3 Å². The van der Waals surface area contributed by atoms with Crippen LogP contribution in [-0.4, -0.2) is 67.6 Å². The van der Waals surface area contributed by atoms with Crippen LogP contribution in [0.25, 0.3) is 0 Å². The maximum absolute atomic E-state index is 11.9. The molecule has 19 heavy (non-hydrogen) atoms. The Labute approximate surface area is 116 Å². The standard InChI is InChI=1S/C14H28N4O/c1-4-12-9-18(8-7-17(12)3)10-14(16-2,13(15)19)11-5-6-11/h11-12,16H,4-10H2,1-3H3,(H2,15,19). The molecule has 2 aliphatic rings. The second-order valence-electron chi connectivity index (χ2n) is 6.14. The fraction of sp³-hybridized carbons (Fsp3) is 0.929. The van der Waals surface area contributed by atoms with E-state index < -0.39 is 5.54 Å². The minimum atomic E-state index is -0.520. The lowest BCUT2D eigenvalue weighted by Crippen LogP contribution is -2.64. The molecule has 1 saturated carbocycles. The highest BCUT2D eigenvalue weighted by molar-refractivity contribution is 5.86. The zero-order valence-electron chi connectivity index (χ0n) is 12.5. The summed E-state index contributed by atoms with van der Waals surface area (Å²) in [5.74, 6) is 0.235. The normalized spacial score (nSPS) is 29.1. The van der Waals surface area contributed by atoms with Gasteiger partial charge in [-0.1, -0.05) is 6.92 Å². The lowest BCUT2D eigenvalue weighted by Gasteiger charge is -2.43. The molecule has 2 atom stereocenters. The number of nitrogens with zero attached hydrogens (tertiary/aromatic N) is 2. The van der Waals surface area contributed by atoms with E-state index in [9.17, 15) is 4.79 Å². The monoisotopic (exact) mass is 268 g/mol. The molecule has 1 saturated heterocycles. The van der Waals surface area contributed by atoms with Crippen LogP contribution in [0, 0.1) is 5.92 Å². The van der Waals surface area contributed by atoms with E-state index in [1.807, 2.05) is 7.05 Å². The van der Waals surface area contributed by atoms with E-state index in [0.29, 0.717) is 12.0 Å². The third-order valence-electron chi connectivity index (χ3n) is 4.97. The first-order valence-electron chi connectivity index (χ1n) is 7.45. The van der Waals surface area contributed by atoms with Crippen LogP contribution in [-0.2, 0) is 4.79 Å². The number of piperazine rings is 1. The summed E-state index contributed by atoms with van der Waals surface area (Å²) >= 11 is 0. The van der Waals surface area contributed by atoms with Gasteiger partial charge in [0.15, 0.2) is 0 Å². The molecule has 1 heterocycles. The second-order valence-corrected chi connectivity index (χ2v) is 6.14. The number of hydrogen-bond acceptors (Lipinski definition) is 4. The van der Waals surface area contributed by atoms with Gasteiger partial charge in [0.2, 0.25) is 5.91 Å². The average Bonchev–Trinajstić information content (AvgIpc) is 3.22. The van der Waals surface area contributed by atoms with Crippen LogP contribution in [0.3, 0.4) is 0 Å². The van der Waals surface area contributed by atoms with Crippen molar-refractivity contribution in [3.8, 4) is 0 Å². The van der Waals surface area contributed by atoms with Gasteiger partial charge in [0, 0.05) is 32.2 Å². The molecular formula is C14H28N4O. The van der Waals surface area contributed by atoms with Gasteiger partial charge < -0.3 is 16.0 Å². The first kappa shape index (κ1) is 14.8. The Hall–Kier alpha value is -0.650. The highest BCUT2D eigenvalue weighted by Crippen LogP contribution is 2.40. The Morgan fingerprint density at radius 3 is 2.58 bits per heavy atom. The van der Waals surface area contributed by atoms with Gasteiger partial charge in [-0.25, -0.2) is 0 Å². The van der Waals surface area contributed by atoms with Crippen LogP contribution in [0.2, 0.25) is 0 Å². The van der Waals surface area contributed by atoms with Crippen molar-refractivity contribution in [2.75, 3.05) is 40.3 Å². The first-order chi connectivity index (χ1) is 9.03. The van der Waals surface area contributed by atoms with Gasteiger partial charge in [-0.2, -0.15) is 0 Å². The number of carbonyl (C=O) groups excluding carboxylic acids is 1. The number of amides is 1. The summed E-state index contributed by atoms with van der Waals surface area (Å²) in [6, 6.07) is 0.593. The molecule has 5 nitrogen and oxygen atoms in total. The van der Waals surface area contributed by atoms with Gasteiger partial charge in [0.25, 0.3) is 0 Å². The fourth-order valence-electron chi connectivity index (χ4n) is 3.34. The molecular weight excluding hydrogens is 240 g/mol. The molecule has 0 radical (unpaired) electrons. The summed E-state index contributed by atoms with van der Waals surface area (Å²) in [5.41, 5.74) is 5.18. The summed E-state index contributed by atoms with van der Waals surface area (Å²) < 4.78 is 0. The maximum Gasteiger partial charge on any atom is 0.239 e. The quantitative estimate of drug-likeness (QED) is 0.704. The van der Waals surface area contributed by atoms with E-state index in [4.69, 9.17) is 5.73 Å². The minimum Gasteiger partial charge on any atom is -0.368 e. The molecule has 0 spiro atoms. The molecule has 5 heteroatoms. The van der Waals surface area contributed by atoms with Crippen LogP contribution in [0.5, 0.6) is 0 Å². The number of rotatable bonds is 6. The van der Waals surface area contributed by atoms with E-state index in [0.717, 1.165) is 45.4 Å². The Morgan fingerprint density at radius 1 is 1.42 bits per heavy atom. The third kappa shape index (κ3) is 2.93. The van der Waals surface area contributed by atoms with Gasteiger partial charge >= 0.3 is 0 Å². The third-order valence-corrected chi connectivity index (χ3v) is 4.97. The number of hydrogen-bond donors (Lipinski definition) is 2. The lowest BCUT2D eigenvalue weighted by atomic mass is 9.91. The molecule has 2 unspecified atom stereocenters. The van der Waals surface area contributed by atoms with E-state index in [2.05, 4.69) is 29.1 Å². The van der Waals surface area contributed by atoms with Crippen LogP contribution in [0.15, 0.2) is 0 Å². The zero-order chi connectivity index (χ0) is 14.0. The van der Waals surface area contributed by atoms with Crippen molar-refractivity contribution in [3.05, 3.63) is 0 Å². The highest BCUT2D eigenvalue weighted by atomic mass is 16.1. The van der Waals surface area contributed by atoms with Crippen LogP contribution in [0.1, 0.15) is 26.2 Å². The van der Waals surface area contributed by atoms with Crippen LogP contribution >= 0.6 is 0 Å². The summed E-state index contributed by atoms with van der Waals surface area (Å²) in [4.78, 5) is 16.8. The van der Waals surface area contributed by atoms with E-state index in [1.165, 1.54) is 0 Å². The van der Waals surface area contributed by atoms with Gasteiger partial charge in [-0.3, -0.25) is 9.69 Å². The number of nitrogens with two attached hydrogens (primary N) is 1. The zero-order valence-corrected chi connectivity index (χ0v) is 12.5. The first-order valence-corrected chi connectivity index (χ1v) is 7.45. The molecule has 0 aromatic heterocycles. The van der Waals surface area contributed by atoms with Crippen molar-refractivity contribution < 1.29 is 4.79 Å². The van der Waals surface area contributed by atoms with Gasteiger partial charge in [-0.15, -0.1) is 0 Å². The van der Waals surface area contributed by atoms with Crippen molar-refractivity contribution in [2.24, 2.45) is 11.7 Å². The fourth-order valence-corrected chi connectivity index (χ4v) is 3.34. The van der Waals surface area contributed by atoms with Crippen molar-refractivity contribution in [1.29, 1.82) is 0 Å². The van der Waals surface area contributed by atoms with Crippen LogP contribution in [0.4, 0.5) is 0 Å². The Bertz CT molecular complexity index is 331. The van der Waals surface area contributed by atoms with E-state index in [-0.39, 0.29) is 5.91 Å². The van der Waals surface area contributed by atoms with E-state index in [1.54, 1.807) is 0 Å². The highest BCUT2D eigenvalue weighted by Gasteiger charge is 2.50. The average molecular weight is 268 g/mol. The number of nitrogens with one attached hydrogen (secondary N) is 1. The summed E-state index contributed by atoms with van der Waals surface area (Å²) in [6.07, 6.45) is 3.39. The molecule has 1 aliphatic heterocycles. The number of likely N-dealkylation sites (N-methyl/N-ethyl adjacent to an activating group) is 2. The predicted molar refractivity (Wildman–Crippen MR) is 76.9 cm³/mol. The molecule has 0 bridgehead atoms. The molecule has 1 aliphatic carbocycles. The van der Waals surface area contributed by atoms with Gasteiger partial charge in [0.05, 0.1) is 0 Å². The van der Waals surface area contributed by atoms with Crippen molar-refractivity contribution in [3.63, 3.8) is 0 Å². The van der Waals surface area contributed by atoms with Crippen molar-refractivity contribution >= 4 is 5.91 Å². The summed E-state index contributed by atoms with van der Waals surface area (Å²) in [6.45, 7) is 6.12. The smallest absolute Gasteiger partial charge is 0.239 e. The summed E-state index contributed by atoms with van der Waals surface area (Å²) in [7, 11) is 4.06.